The van der Waals surface area contributed by atoms with Crippen LogP contribution in [0.3, 0.4) is 0 Å². The number of amides is 1. The van der Waals surface area contributed by atoms with E-state index in [0.717, 1.165) is 24.9 Å². The van der Waals surface area contributed by atoms with Crippen LogP contribution in [0.4, 0.5) is 0 Å². The molecule has 1 saturated heterocycles. The van der Waals surface area contributed by atoms with E-state index in [1.54, 1.807) is 12.4 Å². The highest BCUT2D eigenvalue weighted by Crippen LogP contribution is 2.32. The molecule has 23 heavy (non-hydrogen) atoms. The molecular weight excluding hydrogens is 292 g/mol. The minimum atomic E-state index is 0.147. The Balaban J connectivity index is 1.61. The number of pyridine rings is 1. The van der Waals surface area contributed by atoms with Crippen molar-refractivity contribution >= 4 is 5.91 Å². The van der Waals surface area contributed by atoms with E-state index in [1.165, 1.54) is 0 Å². The first-order chi connectivity index (χ1) is 11.1. The minimum absolute atomic E-state index is 0.147. The smallest absolute Gasteiger partial charge is 0.227 e. The lowest BCUT2D eigenvalue weighted by Crippen LogP contribution is -2.30. The number of carbonyl (C=O) groups excluding carboxylic acids is 1. The summed E-state index contributed by atoms with van der Waals surface area (Å²) in [4.78, 5) is 22.9. The number of nitrogens with zero attached hydrogens (tertiary/aromatic N) is 4. The Labute approximate surface area is 135 Å². The molecule has 122 valence electrons. The summed E-state index contributed by atoms with van der Waals surface area (Å²) in [6.45, 7) is 4.85. The molecule has 0 unspecified atom stereocenters. The van der Waals surface area contributed by atoms with Gasteiger partial charge in [-0.2, -0.15) is 4.98 Å². The molecule has 0 N–H and O–H groups in total. The Kier molecular flexibility index (Phi) is 4.69. The van der Waals surface area contributed by atoms with Crippen molar-refractivity contribution in [2.24, 2.45) is 0 Å². The molecule has 1 amide bonds. The second kappa shape index (κ2) is 6.89. The van der Waals surface area contributed by atoms with Crippen LogP contribution in [0.1, 0.15) is 62.3 Å². The summed E-state index contributed by atoms with van der Waals surface area (Å²) in [5.74, 6) is 1.62. The zero-order chi connectivity index (χ0) is 16.2. The number of hydrogen-bond donors (Lipinski definition) is 0. The standard InChI is InChI=1S/C17H22N4O2/c1-12(2)17-19-15(23-20-17)5-6-16(22)21-11-3-4-14(21)13-7-9-18-10-8-13/h7-10,12,14H,3-6,11H2,1-2H3/t14-/m1/s1. The SMILES string of the molecule is CC(C)c1noc(CCC(=O)N2CCC[C@@H]2c2ccncc2)n1. The van der Waals surface area contributed by atoms with Gasteiger partial charge in [0.15, 0.2) is 5.82 Å². The van der Waals surface area contributed by atoms with E-state index in [4.69, 9.17) is 4.52 Å². The molecule has 0 spiro atoms. The van der Waals surface area contributed by atoms with Crippen LogP contribution in [0.5, 0.6) is 0 Å². The number of carbonyl (C=O) groups is 1. The van der Waals surface area contributed by atoms with E-state index in [1.807, 2.05) is 30.9 Å². The van der Waals surface area contributed by atoms with Crippen molar-refractivity contribution in [3.8, 4) is 0 Å². The first-order valence-electron chi connectivity index (χ1n) is 8.17. The summed E-state index contributed by atoms with van der Waals surface area (Å²) < 4.78 is 5.21. The zero-order valence-electron chi connectivity index (χ0n) is 13.6. The van der Waals surface area contributed by atoms with Crippen LogP contribution >= 0.6 is 0 Å². The van der Waals surface area contributed by atoms with Crippen molar-refractivity contribution in [3.05, 3.63) is 41.8 Å². The Morgan fingerprint density at radius 2 is 2.17 bits per heavy atom. The second-order valence-electron chi connectivity index (χ2n) is 6.23. The molecule has 6 heteroatoms. The van der Waals surface area contributed by atoms with Gasteiger partial charge in [0.25, 0.3) is 0 Å². The molecule has 0 radical (unpaired) electrons. The number of aromatic nitrogens is 3. The molecule has 0 bridgehead atoms. The molecule has 0 aromatic carbocycles. The molecule has 0 aliphatic carbocycles. The van der Waals surface area contributed by atoms with Crippen LogP contribution in [0.15, 0.2) is 29.0 Å². The van der Waals surface area contributed by atoms with E-state index in [0.29, 0.717) is 24.6 Å². The van der Waals surface area contributed by atoms with Gasteiger partial charge in [-0.1, -0.05) is 19.0 Å². The average Bonchev–Trinajstić information content (AvgIpc) is 3.23. The normalized spacial score (nSPS) is 17.9. The fourth-order valence-electron chi connectivity index (χ4n) is 2.96. The number of hydrogen-bond acceptors (Lipinski definition) is 5. The third kappa shape index (κ3) is 3.57. The van der Waals surface area contributed by atoms with Gasteiger partial charge in [0.1, 0.15) is 0 Å². The van der Waals surface area contributed by atoms with Gasteiger partial charge in [0, 0.05) is 37.7 Å². The Bertz CT molecular complexity index is 654. The van der Waals surface area contributed by atoms with Crippen molar-refractivity contribution in [1.29, 1.82) is 0 Å². The van der Waals surface area contributed by atoms with Crippen LogP contribution < -0.4 is 0 Å². The molecule has 1 aliphatic rings. The fraction of sp³-hybridized carbons (Fsp3) is 0.529. The summed E-state index contributed by atoms with van der Waals surface area (Å²) in [7, 11) is 0. The van der Waals surface area contributed by atoms with Gasteiger partial charge in [-0.15, -0.1) is 0 Å². The Morgan fingerprint density at radius 3 is 2.87 bits per heavy atom. The third-order valence-electron chi connectivity index (χ3n) is 4.22. The van der Waals surface area contributed by atoms with Crippen LogP contribution in [0, 0.1) is 0 Å². The molecule has 0 saturated carbocycles. The van der Waals surface area contributed by atoms with Gasteiger partial charge < -0.3 is 9.42 Å². The van der Waals surface area contributed by atoms with Gasteiger partial charge in [-0.25, -0.2) is 0 Å². The predicted molar refractivity (Wildman–Crippen MR) is 84.6 cm³/mol. The van der Waals surface area contributed by atoms with Gasteiger partial charge in [-0.3, -0.25) is 9.78 Å². The molecular formula is C17H22N4O2. The monoisotopic (exact) mass is 314 g/mol. The van der Waals surface area contributed by atoms with Crippen molar-refractivity contribution < 1.29 is 9.32 Å². The first-order valence-corrected chi connectivity index (χ1v) is 8.17. The molecule has 3 rings (SSSR count). The van der Waals surface area contributed by atoms with Crippen LogP contribution in [-0.2, 0) is 11.2 Å². The summed E-state index contributed by atoms with van der Waals surface area (Å²) in [5, 5.41) is 3.94. The first kappa shape index (κ1) is 15.6. The maximum atomic E-state index is 12.6. The van der Waals surface area contributed by atoms with Crippen LogP contribution in [0.2, 0.25) is 0 Å². The van der Waals surface area contributed by atoms with E-state index < -0.39 is 0 Å². The number of rotatable bonds is 5. The average molecular weight is 314 g/mol. The molecule has 2 aromatic heterocycles. The van der Waals surface area contributed by atoms with Crippen molar-refractivity contribution in [1.82, 2.24) is 20.0 Å². The van der Waals surface area contributed by atoms with E-state index in [2.05, 4.69) is 15.1 Å². The van der Waals surface area contributed by atoms with E-state index in [-0.39, 0.29) is 17.9 Å². The molecule has 1 atom stereocenters. The molecule has 1 aliphatic heterocycles. The van der Waals surface area contributed by atoms with Gasteiger partial charge in [0.05, 0.1) is 6.04 Å². The number of likely N-dealkylation sites (tertiary alicyclic amines) is 1. The lowest BCUT2D eigenvalue weighted by atomic mass is 10.1. The van der Waals surface area contributed by atoms with E-state index in [9.17, 15) is 4.79 Å². The molecule has 6 nitrogen and oxygen atoms in total. The van der Waals surface area contributed by atoms with Crippen molar-refractivity contribution in [3.63, 3.8) is 0 Å². The maximum Gasteiger partial charge on any atom is 0.227 e. The number of aryl methyl sites for hydroxylation is 1. The van der Waals surface area contributed by atoms with Gasteiger partial charge >= 0.3 is 0 Å². The summed E-state index contributed by atoms with van der Waals surface area (Å²) >= 11 is 0. The largest absolute Gasteiger partial charge is 0.339 e. The van der Waals surface area contributed by atoms with Crippen LogP contribution in [-0.4, -0.2) is 32.5 Å². The van der Waals surface area contributed by atoms with E-state index >= 15 is 0 Å². The van der Waals surface area contributed by atoms with Crippen LogP contribution in [0.25, 0.3) is 0 Å². The lowest BCUT2D eigenvalue weighted by molar-refractivity contribution is -0.132. The Hall–Kier alpha value is -2.24. The fourth-order valence-corrected chi connectivity index (χ4v) is 2.96. The molecule has 3 heterocycles. The quantitative estimate of drug-likeness (QED) is 0.848. The second-order valence-corrected chi connectivity index (χ2v) is 6.23. The third-order valence-corrected chi connectivity index (χ3v) is 4.22. The highest BCUT2D eigenvalue weighted by Gasteiger charge is 2.29. The summed E-state index contributed by atoms with van der Waals surface area (Å²) in [5.41, 5.74) is 1.16. The highest BCUT2D eigenvalue weighted by molar-refractivity contribution is 5.77. The molecule has 1 fully saturated rings. The summed E-state index contributed by atoms with van der Waals surface area (Å²) in [6, 6.07) is 4.14. The van der Waals surface area contributed by atoms with Gasteiger partial charge in [0.2, 0.25) is 11.8 Å². The highest BCUT2D eigenvalue weighted by atomic mass is 16.5. The Morgan fingerprint density at radius 1 is 1.39 bits per heavy atom. The zero-order valence-corrected chi connectivity index (χ0v) is 13.6. The van der Waals surface area contributed by atoms with Crippen molar-refractivity contribution in [2.75, 3.05) is 6.54 Å². The maximum absolute atomic E-state index is 12.6. The van der Waals surface area contributed by atoms with Gasteiger partial charge in [-0.05, 0) is 30.5 Å². The summed E-state index contributed by atoms with van der Waals surface area (Å²) in [6.07, 6.45) is 6.51. The minimum Gasteiger partial charge on any atom is -0.339 e. The predicted octanol–water partition coefficient (Wildman–Crippen LogP) is 2.88. The lowest BCUT2D eigenvalue weighted by Gasteiger charge is -2.24. The topological polar surface area (TPSA) is 72.1 Å². The molecule has 2 aromatic rings. The van der Waals surface area contributed by atoms with Crippen molar-refractivity contribution in [2.45, 2.75) is 51.5 Å².